The third-order valence-corrected chi connectivity index (χ3v) is 3.15. The van der Waals surface area contributed by atoms with Gasteiger partial charge in [0.2, 0.25) is 0 Å². The molecule has 0 atom stereocenters. The lowest BCUT2D eigenvalue weighted by molar-refractivity contribution is 0.578. The van der Waals surface area contributed by atoms with Crippen LogP contribution in [-0.2, 0) is 13.1 Å². The second kappa shape index (κ2) is 6.48. The molecule has 0 aliphatic heterocycles. The molecular formula is C15H20FN3. The molecule has 1 heterocycles. The molecule has 1 N–H and O–H groups in total. The molecule has 0 saturated heterocycles. The summed E-state index contributed by atoms with van der Waals surface area (Å²) in [4.78, 5) is 4.00. The maximum absolute atomic E-state index is 13.5. The van der Waals surface area contributed by atoms with Crippen molar-refractivity contribution in [3.8, 4) is 0 Å². The van der Waals surface area contributed by atoms with Crippen molar-refractivity contribution < 1.29 is 4.39 Å². The van der Waals surface area contributed by atoms with Crippen molar-refractivity contribution in [3.05, 3.63) is 53.4 Å². The van der Waals surface area contributed by atoms with Crippen molar-refractivity contribution in [3.63, 3.8) is 0 Å². The van der Waals surface area contributed by atoms with Crippen LogP contribution in [0.4, 0.5) is 4.39 Å². The number of benzene rings is 1. The summed E-state index contributed by atoms with van der Waals surface area (Å²) in [6, 6.07) is 3.82. The molecule has 0 bridgehead atoms. The fourth-order valence-electron chi connectivity index (χ4n) is 2.18. The highest BCUT2D eigenvalue weighted by atomic mass is 19.1. The maximum Gasteiger partial charge on any atom is 0.129 e. The van der Waals surface area contributed by atoms with Crippen molar-refractivity contribution in [2.75, 3.05) is 6.54 Å². The molecule has 102 valence electrons. The molecule has 4 heteroatoms. The number of rotatable bonds is 6. The molecule has 0 spiro atoms. The Morgan fingerprint density at radius 3 is 2.63 bits per heavy atom. The minimum absolute atomic E-state index is 0.0937. The first-order chi connectivity index (χ1) is 9.16. The van der Waals surface area contributed by atoms with E-state index < -0.39 is 0 Å². The van der Waals surface area contributed by atoms with Gasteiger partial charge in [0, 0.05) is 25.5 Å². The van der Waals surface area contributed by atoms with Crippen LogP contribution in [0.1, 0.15) is 23.1 Å². The molecule has 0 saturated carbocycles. The Morgan fingerprint density at radius 2 is 2.00 bits per heavy atom. The Hall–Kier alpha value is -1.68. The second-order valence-electron chi connectivity index (χ2n) is 4.87. The van der Waals surface area contributed by atoms with Gasteiger partial charge in [-0.3, -0.25) is 0 Å². The summed E-state index contributed by atoms with van der Waals surface area (Å²) in [5, 5.41) is 3.38. The number of halogens is 1. The normalized spacial score (nSPS) is 10.9. The summed E-state index contributed by atoms with van der Waals surface area (Å²) < 4.78 is 15.5. The number of hydrogen-bond acceptors (Lipinski definition) is 2. The highest BCUT2D eigenvalue weighted by Crippen LogP contribution is 2.14. The van der Waals surface area contributed by atoms with Gasteiger partial charge in [0.1, 0.15) is 5.82 Å². The Balaban J connectivity index is 1.74. The Bertz CT molecular complexity index is 497. The molecule has 0 amide bonds. The number of imidazole rings is 1. The Labute approximate surface area is 113 Å². The number of nitrogens with one attached hydrogen (secondary N) is 1. The Kier molecular flexibility index (Phi) is 4.68. The van der Waals surface area contributed by atoms with Crippen molar-refractivity contribution in [1.29, 1.82) is 0 Å². The zero-order valence-electron chi connectivity index (χ0n) is 11.5. The van der Waals surface area contributed by atoms with Crippen LogP contribution >= 0.6 is 0 Å². The van der Waals surface area contributed by atoms with Crippen LogP contribution in [0.25, 0.3) is 0 Å². The lowest BCUT2D eigenvalue weighted by Gasteiger charge is -2.08. The third kappa shape index (κ3) is 3.89. The fourth-order valence-corrected chi connectivity index (χ4v) is 2.18. The number of hydrogen-bond donors (Lipinski definition) is 1. The second-order valence-corrected chi connectivity index (χ2v) is 4.87. The molecule has 0 aliphatic rings. The van der Waals surface area contributed by atoms with E-state index >= 15 is 0 Å². The molecule has 0 fully saturated rings. The van der Waals surface area contributed by atoms with E-state index in [1.807, 2.05) is 38.5 Å². The van der Waals surface area contributed by atoms with E-state index in [1.54, 1.807) is 6.20 Å². The van der Waals surface area contributed by atoms with Gasteiger partial charge in [-0.05, 0) is 43.5 Å². The highest BCUT2D eigenvalue weighted by Gasteiger charge is 2.03. The van der Waals surface area contributed by atoms with E-state index in [0.717, 1.165) is 42.7 Å². The van der Waals surface area contributed by atoms with Gasteiger partial charge < -0.3 is 9.88 Å². The van der Waals surface area contributed by atoms with Crippen LogP contribution in [0.3, 0.4) is 0 Å². The molecule has 0 radical (unpaired) electrons. The van der Waals surface area contributed by atoms with Crippen molar-refractivity contribution >= 4 is 0 Å². The van der Waals surface area contributed by atoms with Crippen LogP contribution in [-0.4, -0.2) is 16.1 Å². The van der Waals surface area contributed by atoms with Crippen LogP contribution in [0, 0.1) is 19.7 Å². The zero-order chi connectivity index (χ0) is 13.7. The fraction of sp³-hybridized carbons (Fsp3) is 0.400. The van der Waals surface area contributed by atoms with Crippen molar-refractivity contribution in [2.45, 2.75) is 33.4 Å². The minimum atomic E-state index is -0.0937. The van der Waals surface area contributed by atoms with Crippen LogP contribution in [0.15, 0.2) is 30.9 Å². The summed E-state index contributed by atoms with van der Waals surface area (Å²) in [7, 11) is 0. The van der Waals surface area contributed by atoms with Gasteiger partial charge in [-0.25, -0.2) is 9.37 Å². The first kappa shape index (κ1) is 13.7. The monoisotopic (exact) mass is 261 g/mol. The smallest absolute Gasteiger partial charge is 0.129 e. The van der Waals surface area contributed by atoms with E-state index in [4.69, 9.17) is 0 Å². The van der Waals surface area contributed by atoms with Crippen LogP contribution < -0.4 is 5.32 Å². The van der Waals surface area contributed by atoms with Crippen molar-refractivity contribution in [1.82, 2.24) is 14.9 Å². The minimum Gasteiger partial charge on any atom is -0.337 e. The standard InChI is InChI=1S/C15H20FN3/c1-12-8-14(9-13(2)15(12)16)10-17-4-3-6-19-7-5-18-11-19/h5,7-9,11,17H,3-4,6,10H2,1-2H3. The van der Waals surface area contributed by atoms with E-state index in [9.17, 15) is 4.39 Å². The first-order valence-electron chi connectivity index (χ1n) is 6.59. The molecular weight excluding hydrogens is 241 g/mol. The lowest BCUT2D eigenvalue weighted by atomic mass is 10.1. The highest BCUT2D eigenvalue weighted by molar-refractivity contribution is 5.30. The molecule has 0 aliphatic carbocycles. The third-order valence-electron chi connectivity index (χ3n) is 3.15. The Morgan fingerprint density at radius 1 is 1.26 bits per heavy atom. The van der Waals surface area contributed by atoms with Crippen LogP contribution in [0.2, 0.25) is 0 Å². The predicted octanol–water partition coefficient (Wildman–Crippen LogP) is 2.82. The predicted molar refractivity (Wildman–Crippen MR) is 74.4 cm³/mol. The largest absolute Gasteiger partial charge is 0.337 e. The summed E-state index contributed by atoms with van der Waals surface area (Å²) in [6.45, 7) is 6.31. The van der Waals surface area contributed by atoms with E-state index in [2.05, 4.69) is 14.9 Å². The summed E-state index contributed by atoms with van der Waals surface area (Å²) in [5.74, 6) is -0.0937. The quantitative estimate of drug-likeness (QED) is 0.810. The molecule has 0 unspecified atom stereocenters. The summed E-state index contributed by atoms with van der Waals surface area (Å²) in [5.41, 5.74) is 2.57. The topological polar surface area (TPSA) is 29.9 Å². The number of nitrogens with zero attached hydrogens (tertiary/aromatic N) is 2. The van der Waals surface area contributed by atoms with Gasteiger partial charge in [0.25, 0.3) is 0 Å². The first-order valence-corrected chi connectivity index (χ1v) is 6.59. The van der Waals surface area contributed by atoms with Gasteiger partial charge in [0.05, 0.1) is 6.33 Å². The van der Waals surface area contributed by atoms with Gasteiger partial charge in [-0.2, -0.15) is 0 Å². The maximum atomic E-state index is 13.5. The summed E-state index contributed by atoms with van der Waals surface area (Å²) >= 11 is 0. The SMILES string of the molecule is Cc1cc(CNCCCn2ccnc2)cc(C)c1F. The van der Waals surface area contributed by atoms with Crippen LogP contribution in [0.5, 0.6) is 0 Å². The van der Waals surface area contributed by atoms with Gasteiger partial charge in [-0.1, -0.05) is 12.1 Å². The molecule has 2 rings (SSSR count). The van der Waals surface area contributed by atoms with E-state index in [1.165, 1.54) is 0 Å². The number of aromatic nitrogens is 2. The van der Waals surface area contributed by atoms with Crippen molar-refractivity contribution in [2.24, 2.45) is 0 Å². The molecule has 19 heavy (non-hydrogen) atoms. The molecule has 2 aromatic rings. The van der Waals surface area contributed by atoms with E-state index in [-0.39, 0.29) is 5.82 Å². The zero-order valence-corrected chi connectivity index (χ0v) is 11.5. The van der Waals surface area contributed by atoms with Gasteiger partial charge in [0.15, 0.2) is 0 Å². The van der Waals surface area contributed by atoms with Gasteiger partial charge in [-0.15, -0.1) is 0 Å². The average molecular weight is 261 g/mol. The number of aryl methyl sites for hydroxylation is 3. The molecule has 1 aromatic heterocycles. The molecule has 3 nitrogen and oxygen atoms in total. The lowest BCUT2D eigenvalue weighted by Crippen LogP contribution is -2.16. The average Bonchev–Trinajstić information content (AvgIpc) is 2.88. The molecule has 1 aromatic carbocycles. The van der Waals surface area contributed by atoms with E-state index in [0.29, 0.717) is 0 Å². The van der Waals surface area contributed by atoms with Gasteiger partial charge >= 0.3 is 0 Å². The summed E-state index contributed by atoms with van der Waals surface area (Å²) in [6.07, 6.45) is 6.63.